The molecule has 0 aliphatic carbocycles. The third kappa shape index (κ3) is 3.15. The fourth-order valence-corrected chi connectivity index (χ4v) is 3.43. The number of carbonyl (C=O) groups is 1. The molecule has 0 saturated carbocycles. The molecule has 1 N–H and O–H groups in total. The topological polar surface area (TPSA) is 80.5 Å². The summed E-state index contributed by atoms with van der Waals surface area (Å²) in [6.07, 6.45) is 1.67. The van der Waals surface area contributed by atoms with E-state index in [1.165, 1.54) is 0 Å². The van der Waals surface area contributed by atoms with Crippen LogP contribution in [0, 0.1) is 11.3 Å². The molecule has 0 unspecified atom stereocenters. The number of hydrogen-bond donors (Lipinski definition) is 1. The lowest BCUT2D eigenvalue weighted by Gasteiger charge is -2.35. The minimum absolute atomic E-state index is 0.00220. The molecule has 1 fully saturated rings. The highest BCUT2D eigenvalue weighted by atomic mass is 16.3. The smallest absolute Gasteiger partial charge is 0.257 e. The maximum Gasteiger partial charge on any atom is 0.257 e. The van der Waals surface area contributed by atoms with Crippen LogP contribution in [0.15, 0.2) is 54.7 Å². The maximum atomic E-state index is 12.9. The van der Waals surface area contributed by atoms with E-state index in [4.69, 9.17) is 0 Å². The van der Waals surface area contributed by atoms with E-state index < -0.39 is 0 Å². The summed E-state index contributed by atoms with van der Waals surface area (Å²) < 4.78 is 0. The Bertz CT molecular complexity index is 1050. The molecule has 1 saturated heterocycles. The monoisotopic (exact) mass is 358 g/mol. The molecule has 0 bridgehead atoms. The fraction of sp³-hybridized carbons (Fsp3) is 0.190. The lowest BCUT2D eigenvalue weighted by atomic mass is 10.0. The largest absolute Gasteiger partial charge is 0.507 e. The van der Waals surface area contributed by atoms with Gasteiger partial charge in [-0.1, -0.05) is 24.3 Å². The number of fused-ring (bicyclic) bond motifs is 1. The SMILES string of the molecule is N#Cc1cccnc1N1CCN(C(=O)c2cc3ccccc3cc2O)CC1. The Hall–Kier alpha value is -3.59. The summed E-state index contributed by atoms with van der Waals surface area (Å²) in [7, 11) is 0. The van der Waals surface area contributed by atoms with Crippen molar-refractivity contribution in [3.63, 3.8) is 0 Å². The van der Waals surface area contributed by atoms with Gasteiger partial charge in [0.15, 0.2) is 0 Å². The summed E-state index contributed by atoms with van der Waals surface area (Å²) in [6, 6.07) is 16.7. The normalized spacial score (nSPS) is 14.2. The molecule has 2 aromatic carbocycles. The molecular weight excluding hydrogens is 340 g/mol. The Morgan fingerprint density at radius 1 is 1.04 bits per heavy atom. The number of rotatable bonds is 2. The highest BCUT2D eigenvalue weighted by Gasteiger charge is 2.25. The van der Waals surface area contributed by atoms with E-state index >= 15 is 0 Å². The molecule has 27 heavy (non-hydrogen) atoms. The van der Waals surface area contributed by atoms with Gasteiger partial charge in [0.05, 0.1) is 11.1 Å². The predicted octanol–water partition coefficient (Wildman–Crippen LogP) is 2.77. The second kappa shape index (κ2) is 6.96. The zero-order chi connectivity index (χ0) is 18.8. The highest BCUT2D eigenvalue weighted by Crippen LogP contribution is 2.27. The van der Waals surface area contributed by atoms with Gasteiger partial charge in [-0.05, 0) is 35.0 Å². The van der Waals surface area contributed by atoms with E-state index in [1.54, 1.807) is 35.4 Å². The first-order valence-corrected chi connectivity index (χ1v) is 8.78. The van der Waals surface area contributed by atoms with Gasteiger partial charge in [-0.15, -0.1) is 0 Å². The molecule has 6 nitrogen and oxygen atoms in total. The summed E-state index contributed by atoms with van der Waals surface area (Å²) in [5.74, 6) is 0.470. The van der Waals surface area contributed by atoms with Crippen molar-refractivity contribution in [3.05, 3.63) is 65.9 Å². The van der Waals surface area contributed by atoms with Crippen LogP contribution >= 0.6 is 0 Å². The van der Waals surface area contributed by atoms with Gasteiger partial charge in [-0.2, -0.15) is 5.26 Å². The van der Waals surface area contributed by atoms with E-state index in [0.29, 0.717) is 43.1 Å². The summed E-state index contributed by atoms with van der Waals surface area (Å²) in [6.45, 7) is 2.19. The first-order valence-electron chi connectivity index (χ1n) is 8.78. The number of nitriles is 1. The van der Waals surface area contributed by atoms with E-state index in [2.05, 4.69) is 11.1 Å². The van der Waals surface area contributed by atoms with Crippen LogP contribution in [0.5, 0.6) is 5.75 Å². The molecule has 1 aromatic heterocycles. The minimum atomic E-state index is -0.181. The predicted molar refractivity (Wildman–Crippen MR) is 103 cm³/mol. The third-order valence-corrected chi connectivity index (χ3v) is 4.87. The summed E-state index contributed by atoms with van der Waals surface area (Å²) in [4.78, 5) is 21.0. The Kier molecular flexibility index (Phi) is 4.35. The van der Waals surface area contributed by atoms with Crippen LogP contribution in [0.2, 0.25) is 0 Å². The standard InChI is InChI=1S/C21H18N4O2/c22-14-17-6-3-7-23-20(17)24-8-10-25(11-9-24)21(27)18-12-15-4-1-2-5-16(15)13-19(18)26/h1-7,12-13,26H,8-11H2. The Labute approximate surface area is 156 Å². The number of hydrogen-bond acceptors (Lipinski definition) is 5. The first kappa shape index (κ1) is 16.9. The van der Waals surface area contributed by atoms with E-state index in [1.807, 2.05) is 29.2 Å². The van der Waals surface area contributed by atoms with Crippen LogP contribution in [0.1, 0.15) is 15.9 Å². The summed E-state index contributed by atoms with van der Waals surface area (Å²) >= 11 is 0. The maximum absolute atomic E-state index is 12.9. The second-order valence-electron chi connectivity index (χ2n) is 6.48. The van der Waals surface area contributed by atoms with Gasteiger partial charge in [0.2, 0.25) is 0 Å². The molecule has 4 rings (SSSR count). The number of pyridine rings is 1. The summed E-state index contributed by atoms with van der Waals surface area (Å²) in [5.41, 5.74) is 0.849. The van der Waals surface area contributed by atoms with Crippen molar-refractivity contribution < 1.29 is 9.90 Å². The quantitative estimate of drug-likeness (QED) is 0.762. The molecule has 2 heterocycles. The lowest BCUT2D eigenvalue weighted by molar-refractivity contribution is 0.0743. The summed E-state index contributed by atoms with van der Waals surface area (Å²) in [5, 5.41) is 21.4. The van der Waals surface area contributed by atoms with E-state index in [-0.39, 0.29) is 11.7 Å². The molecular formula is C21H18N4O2. The van der Waals surface area contributed by atoms with Crippen LogP contribution in [-0.2, 0) is 0 Å². The molecule has 3 aromatic rings. The number of aromatic hydroxyl groups is 1. The molecule has 0 radical (unpaired) electrons. The molecule has 0 atom stereocenters. The Balaban J connectivity index is 1.52. The van der Waals surface area contributed by atoms with Crippen LogP contribution in [0.25, 0.3) is 10.8 Å². The van der Waals surface area contributed by atoms with Gasteiger partial charge in [-0.3, -0.25) is 4.79 Å². The Morgan fingerprint density at radius 3 is 2.44 bits per heavy atom. The number of carbonyl (C=O) groups excluding carboxylic acids is 1. The molecule has 0 spiro atoms. The number of phenolic OH excluding ortho intramolecular Hbond substituents is 1. The number of amides is 1. The third-order valence-electron chi connectivity index (χ3n) is 4.87. The van der Waals surface area contributed by atoms with Crippen LogP contribution < -0.4 is 4.90 Å². The number of aromatic nitrogens is 1. The number of anilines is 1. The average Bonchev–Trinajstić information content (AvgIpc) is 2.73. The molecule has 1 aliphatic heterocycles. The van der Waals surface area contributed by atoms with Gasteiger partial charge in [0.25, 0.3) is 5.91 Å². The number of nitrogens with zero attached hydrogens (tertiary/aromatic N) is 4. The van der Waals surface area contributed by atoms with Crippen LogP contribution in [0.3, 0.4) is 0 Å². The van der Waals surface area contributed by atoms with Crippen molar-refractivity contribution in [2.75, 3.05) is 31.1 Å². The van der Waals surface area contributed by atoms with Crippen molar-refractivity contribution in [2.45, 2.75) is 0 Å². The van der Waals surface area contributed by atoms with Gasteiger partial charge in [-0.25, -0.2) is 4.98 Å². The number of piperazine rings is 1. The van der Waals surface area contributed by atoms with Crippen molar-refractivity contribution in [1.29, 1.82) is 5.26 Å². The lowest BCUT2D eigenvalue weighted by Crippen LogP contribution is -2.49. The number of benzene rings is 2. The molecule has 6 heteroatoms. The van der Waals surface area contributed by atoms with Crippen molar-refractivity contribution >= 4 is 22.5 Å². The van der Waals surface area contributed by atoms with Gasteiger partial charge in [0, 0.05) is 32.4 Å². The van der Waals surface area contributed by atoms with E-state index in [9.17, 15) is 15.2 Å². The number of phenols is 1. The minimum Gasteiger partial charge on any atom is -0.507 e. The van der Waals surface area contributed by atoms with Crippen molar-refractivity contribution in [2.24, 2.45) is 0 Å². The van der Waals surface area contributed by atoms with Gasteiger partial charge in [0.1, 0.15) is 17.6 Å². The average molecular weight is 358 g/mol. The Morgan fingerprint density at radius 2 is 1.74 bits per heavy atom. The zero-order valence-electron chi connectivity index (χ0n) is 14.7. The van der Waals surface area contributed by atoms with Crippen LogP contribution in [0.4, 0.5) is 5.82 Å². The first-order chi connectivity index (χ1) is 13.2. The van der Waals surface area contributed by atoms with Gasteiger partial charge < -0.3 is 14.9 Å². The molecule has 1 aliphatic rings. The van der Waals surface area contributed by atoms with E-state index in [0.717, 1.165) is 10.8 Å². The zero-order valence-corrected chi connectivity index (χ0v) is 14.7. The molecule has 1 amide bonds. The highest BCUT2D eigenvalue weighted by molar-refractivity contribution is 6.01. The van der Waals surface area contributed by atoms with Crippen molar-refractivity contribution in [1.82, 2.24) is 9.88 Å². The van der Waals surface area contributed by atoms with Crippen molar-refractivity contribution in [3.8, 4) is 11.8 Å². The fourth-order valence-electron chi connectivity index (χ4n) is 3.43. The molecule has 134 valence electrons. The van der Waals surface area contributed by atoms with Crippen LogP contribution in [-0.4, -0.2) is 47.1 Å². The van der Waals surface area contributed by atoms with Gasteiger partial charge >= 0.3 is 0 Å². The second-order valence-corrected chi connectivity index (χ2v) is 6.48.